The number of carbonyl (C=O) groups is 2. The van der Waals surface area contributed by atoms with Crippen LogP contribution in [0.2, 0.25) is 0 Å². The maximum absolute atomic E-state index is 13.2. The molecule has 0 aliphatic heterocycles. The molecule has 4 aliphatic carbocycles. The van der Waals surface area contributed by atoms with Crippen LogP contribution < -0.4 is 5.32 Å². The van der Waals surface area contributed by atoms with Crippen LogP contribution in [-0.4, -0.2) is 52.1 Å². The standard InChI is InChI=1S/C27H44FNO5/c1-15(4-7-23(32)29-14-21(28)25(33)34)18-5-6-19-24-20(9-11-27(18,19)3)26(2)10-8-17(30)12-16(26)13-22(24)31/h15-22,24,30-31H,4-14H2,1-3H3,(H,29,32)(H,33,34). The molecule has 0 spiro atoms. The van der Waals surface area contributed by atoms with Gasteiger partial charge in [0.1, 0.15) is 0 Å². The molecule has 7 heteroatoms. The minimum atomic E-state index is -2.07. The summed E-state index contributed by atoms with van der Waals surface area (Å²) in [6, 6.07) is 0. The van der Waals surface area contributed by atoms with Gasteiger partial charge in [-0.15, -0.1) is 0 Å². The second-order valence-electron chi connectivity index (χ2n) is 12.6. The summed E-state index contributed by atoms with van der Waals surface area (Å²) < 4.78 is 13.2. The summed E-state index contributed by atoms with van der Waals surface area (Å²) in [5.41, 5.74) is 0.374. The zero-order valence-electron chi connectivity index (χ0n) is 21.0. The van der Waals surface area contributed by atoms with Crippen LogP contribution in [0, 0.1) is 46.3 Å². The molecule has 0 aromatic heterocycles. The number of hydrogen-bond donors (Lipinski definition) is 4. The number of aliphatic hydroxyl groups is 2. The summed E-state index contributed by atoms with van der Waals surface area (Å²) in [5.74, 6) is 0.746. The zero-order chi connectivity index (χ0) is 24.8. The highest BCUT2D eigenvalue weighted by Gasteiger charge is 2.62. The lowest BCUT2D eigenvalue weighted by Crippen LogP contribution is -2.58. The molecule has 0 saturated heterocycles. The fourth-order valence-electron chi connectivity index (χ4n) is 9.11. The van der Waals surface area contributed by atoms with Gasteiger partial charge >= 0.3 is 5.97 Å². The molecule has 6 nitrogen and oxygen atoms in total. The van der Waals surface area contributed by atoms with E-state index in [0.29, 0.717) is 41.9 Å². The number of halogens is 1. The number of nitrogens with one attached hydrogen (secondary N) is 1. The topological polar surface area (TPSA) is 107 Å². The Morgan fingerprint density at radius 3 is 2.41 bits per heavy atom. The first-order chi connectivity index (χ1) is 16.0. The molecule has 194 valence electrons. The second kappa shape index (κ2) is 9.68. The second-order valence-corrected chi connectivity index (χ2v) is 12.6. The summed E-state index contributed by atoms with van der Waals surface area (Å²) >= 11 is 0. The van der Waals surface area contributed by atoms with E-state index >= 15 is 0 Å². The molecule has 11 atom stereocenters. The number of fused-ring (bicyclic) bond motifs is 5. The van der Waals surface area contributed by atoms with Gasteiger partial charge in [-0.1, -0.05) is 20.8 Å². The quantitative estimate of drug-likeness (QED) is 0.441. The van der Waals surface area contributed by atoms with Gasteiger partial charge in [-0.05, 0) is 104 Å². The molecule has 0 bridgehead atoms. The van der Waals surface area contributed by atoms with Gasteiger partial charge in [0.2, 0.25) is 12.1 Å². The van der Waals surface area contributed by atoms with Crippen molar-refractivity contribution in [2.24, 2.45) is 46.3 Å². The Morgan fingerprint density at radius 2 is 1.71 bits per heavy atom. The van der Waals surface area contributed by atoms with Gasteiger partial charge in [0.25, 0.3) is 0 Å². The highest BCUT2D eigenvalue weighted by Crippen LogP contribution is 2.68. The third-order valence-electron chi connectivity index (χ3n) is 11.0. The first-order valence-electron chi connectivity index (χ1n) is 13.5. The van der Waals surface area contributed by atoms with Crippen LogP contribution in [0.3, 0.4) is 0 Å². The Balaban J connectivity index is 1.39. The largest absolute Gasteiger partial charge is 0.479 e. The Kier molecular flexibility index (Phi) is 7.37. The Morgan fingerprint density at radius 1 is 1.03 bits per heavy atom. The minimum Gasteiger partial charge on any atom is -0.479 e. The van der Waals surface area contributed by atoms with Gasteiger partial charge in [0.15, 0.2) is 0 Å². The van der Waals surface area contributed by atoms with Crippen molar-refractivity contribution in [3.63, 3.8) is 0 Å². The molecule has 4 aliphatic rings. The van der Waals surface area contributed by atoms with Gasteiger partial charge < -0.3 is 20.6 Å². The first kappa shape index (κ1) is 25.9. The van der Waals surface area contributed by atoms with Crippen molar-refractivity contribution < 1.29 is 29.3 Å². The van der Waals surface area contributed by atoms with Gasteiger partial charge in [-0.3, -0.25) is 4.79 Å². The van der Waals surface area contributed by atoms with E-state index in [1.165, 1.54) is 0 Å². The molecule has 4 rings (SSSR count). The lowest BCUT2D eigenvalue weighted by molar-refractivity contribution is -0.174. The fourth-order valence-corrected chi connectivity index (χ4v) is 9.11. The number of hydrogen-bond acceptors (Lipinski definition) is 4. The highest BCUT2D eigenvalue weighted by molar-refractivity contribution is 5.78. The average molecular weight is 482 g/mol. The monoisotopic (exact) mass is 481 g/mol. The molecule has 4 saturated carbocycles. The van der Waals surface area contributed by atoms with Crippen LogP contribution in [0.25, 0.3) is 0 Å². The molecule has 0 heterocycles. The van der Waals surface area contributed by atoms with E-state index in [0.717, 1.165) is 51.4 Å². The van der Waals surface area contributed by atoms with Crippen molar-refractivity contribution in [2.45, 2.75) is 103 Å². The summed E-state index contributed by atoms with van der Waals surface area (Å²) in [7, 11) is 0. The SMILES string of the molecule is CC(CCC(=O)NCC(F)C(=O)O)C1CCC2C3C(O)CC4CC(O)CCC4(C)C3CCC12C. The lowest BCUT2D eigenvalue weighted by atomic mass is 9.43. The Labute approximate surface area is 203 Å². The number of aliphatic carboxylic acids is 1. The molecule has 0 aromatic rings. The van der Waals surface area contributed by atoms with Crippen molar-refractivity contribution in [2.75, 3.05) is 6.54 Å². The van der Waals surface area contributed by atoms with E-state index in [-0.39, 0.29) is 35.4 Å². The molecule has 1 amide bonds. The summed E-state index contributed by atoms with van der Waals surface area (Å²) in [6.07, 6.45) is 6.52. The number of alkyl halides is 1. The first-order valence-corrected chi connectivity index (χ1v) is 13.5. The predicted octanol–water partition coefficient (Wildman–Crippen LogP) is 3.93. The molecule has 0 aromatic carbocycles. The molecule has 0 radical (unpaired) electrons. The summed E-state index contributed by atoms with van der Waals surface area (Å²) in [6.45, 7) is 6.57. The molecule has 4 fully saturated rings. The summed E-state index contributed by atoms with van der Waals surface area (Å²) in [4.78, 5) is 22.8. The Hall–Kier alpha value is -1.21. The van der Waals surface area contributed by atoms with Gasteiger partial charge in [0.05, 0.1) is 18.8 Å². The third-order valence-corrected chi connectivity index (χ3v) is 11.0. The van der Waals surface area contributed by atoms with E-state index in [4.69, 9.17) is 5.11 Å². The van der Waals surface area contributed by atoms with Gasteiger partial charge in [-0.25, -0.2) is 9.18 Å². The van der Waals surface area contributed by atoms with E-state index in [1.54, 1.807) is 0 Å². The van der Waals surface area contributed by atoms with Crippen LogP contribution in [0.5, 0.6) is 0 Å². The fraction of sp³-hybridized carbons (Fsp3) is 0.926. The number of carboxylic acids is 1. The van der Waals surface area contributed by atoms with Gasteiger partial charge in [-0.2, -0.15) is 0 Å². The van der Waals surface area contributed by atoms with Crippen LogP contribution >= 0.6 is 0 Å². The number of amides is 1. The third kappa shape index (κ3) is 4.52. The van der Waals surface area contributed by atoms with Crippen molar-refractivity contribution in [3.8, 4) is 0 Å². The predicted molar refractivity (Wildman–Crippen MR) is 127 cm³/mol. The normalized spacial score (nSPS) is 45.4. The minimum absolute atomic E-state index is 0.156. The molecule has 11 unspecified atom stereocenters. The van der Waals surface area contributed by atoms with E-state index in [2.05, 4.69) is 26.1 Å². The molecule has 4 N–H and O–H groups in total. The van der Waals surface area contributed by atoms with Crippen molar-refractivity contribution in [1.82, 2.24) is 5.32 Å². The smallest absolute Gasteiger partial charge is 0.340 e. The van der Waals surface area contributed by atoms with Crippen molar-refractivity contribution >= 4 is 11.9 Å². The number of carboxylic acid groups (broad SMARTS) is 1. The van der Waals surface area contributed by atoms with Gasteiger partial charge in [0, 0.05) is 6.42 Å². The molecular weight excluding hydrogens is 437 g/mol. The number of aliphatic hydroxyl groups excluding tert-OH is 2. The van der Waals surface area contributed by atoms with Crippen LogP contribution in [0.1, 0.15) is 85.0 Å². The maximum Gasteiger partial charge on any atom is 0.340 e. The van der Waals surface area contributed by atoms with Crippen molar-refractivity contribution in [1.29, 1.82) is 0 Å². The average Bonchev–Trinajstić information content (AvgIpc) is 3.14. The highest BCUT2D eigenvalue weighted by atomic mass is 19.1. The lowest BCUT2D eigenvalue weighted by Gasteiger charge is -2.62. The van der Waals surface area contributed by atoms with Crippen molar-refractivity contribution in [3.05, 3.63) is 0 Å². The van der Waals surface area contributed by atoms with E-state index < -0.39 is 18.7 Å². The van der Waals surface area contributed by atoms with Crippen LogP contribution in [0.15, 0.2) is 0 Å². The van der Waals surface area contributed by atoms with E-state index in [1.807, 2.05) is 0 Å². The van der Waals surface area contributed by atoms with Crippen LogP contribution in [0.4, 0.5) is 4.39 Å². The molecule has 34 heavy (non-hydrogen) atoms. The number of rotatable bonds is 7. The molecular formula is C27H44FNO5. The number of carbonyl (C=O) groups excluding carboxylic acids is 1. The zero-order valence-corrected chi connectivity index (χ0v) is 21.0. The van der Waals surface area contributed by atoms with E-state index in [9.17, 15) is 24.2 Å². The van der Waals surface area contributed by atoms with Crippen LogP contribution in [-0.2, 0) is 9.59 Å². The maximum atomic E-state index is 13.2. The Bertz CT molecular complexity index is 778. The summed E-state index contributed by atoms with van der Waals surface area (Å²) in [5, 5.41) is 32.6.